The smallest absolute Gasteiger partial charge is 0.231 e. The fourth-order valence-electron chi connectivity index (χ4n) is 2.67. The highest BCUT2D eigenvalue weighted by Gasteiger charge is 2.14. The maximum Gasteiger partial charge on any atom is 0.231 e. The number of ether oxygens (including phenoxy) is 2. The van der Waals surface area contributed by atoms with E-state index in [0.29, 0.717) is 11.8 Å². The van der Waals surface area contributed by atoms with Gasteiger partial charge in [0.1, 0.15) is 5.82 Å². The number of fused-ring (bicyclic) bond motifs is 1. The Labute approximate surface area is 157 Å². The first-order valence-corrected chi connectivity index (χ1v) is 8.95. The lowest BCUT2D eigenvalue weighted by Gasteiger charge is -2.14. The summed E-state index contributed by atoms with van der Waals surface area (Å²) >= 11 is 0. The summed E-state index contributed by atoms with van der Waals surface area (Å²) in [5.74, 6) is 2.71. The molecule has 1 aromatic carbocycles. The molecular formula is C20H21N5O2. The molecule has 0 amide bonds. The number of pyridine rings is 1. The lowest BCUT2D eigenvalue weighted by atomic mass is 10.2. The monoisotopic (exact) mass is 363 g/mol. The number of nitrogens with zero attached hydrogens (tertiary/aromatic N) is 3. The van der Waals surface area contributed by atoms with Crippen LogP contribution in [0.5, 0.6) is 11.5 Å². The SMILES string of the molecule is CC[C@H](C)Nc1nc(Nc2ccc3c(c2)OCO3)cc(-c2ccccn2)n1. The molecule has 4 rings (SSSR count). The molecule has 7 nitrogen and oxygen atoms in total. The third-order valence-electron chi connectivity index (χ3n) is 4.29. The molecule has 7 heteroatoms. The van der Waals surface area contributed by atoms with E-state index in [4.69, 9.17) is 9.47 Å². The summed E-state index contributed by atoms with van der Waals surface area (Å²) in [6.07, 6.45) is 2.73. The molecule has 0 radical (unpaired) electrons. The summed E-state index contributed by atoms with van der Waals surface area (Å²) in [7, 11) is 0. The Kier molecular flexibility index (Phi) is 4.74. The second-order valence-corrected chi connectivity index (χ2v) is 6.32. The average molecular weight is 363 g/mol. The van der Waals surface area contributed by atoms with Crippen LogP contribution in [0.1, 0.15) is 20.3 Å². The second-order valence-electron chi connectivity index (χ2n) is 6.32. The quantitative estimate of drug-likeness (QED) is 0.678. The summed E-state index contributed by atoms with van der Waals surface area (Å²) < 4.78 is 10.8. The molecule has 0 saturated heterocycles. The van der Waals surface area contributed by atoms with Gasteiger partial charge in [-0.25, -0.2) is 4.98 Å². The topological polar surface area (TPSA) is 81.2 Å². The average Bonchev–Trinajstić information content (AvgIpc) is 3.16. The molecule has 27 heavy (non-hydrogen) atoms. The van der Waals surface area contributed by atoms with Gasteiger partial charge in [-0.15, -0.1) is 0 Å². The van der Waals surface area contributed by atoms with E-state index in [0.717, 1.165) is 35.0 Å². The lowest BCUT2D eigenvalue weighted by Crippen LogP contribution is -2.16. The lowest BCUT2D eigenvalue weighted by molar-refractivity contribution is 0.174. The molecule has 0 unspecified atom stereocenters. The zero-order valence-electron chi connectivity index (χ0n) is 15.3. The zero-order valence-corrected chi connectivity index (χ0v) is 15.3. The third kappa shape index (κ3) is 3.92. The molecule has 2 aromatic heterocycles. The van der Waals surface area contributed by atoms with Crippen LogP contribution in [0.3, 0.4) is 0 Å². The Balaban J connectivity index is 1.67. The predicted molar refractivity (Wildman–Crippen MR) is 104 cm³/mol. The van der Waals surface area contributed by atoms with E-state index in [1.165, 1.54) is 0 Å². The molecule has 1 aliphatic rings. The molecule has 2 N–H and O–H groups in total. The minimum Gasteiger partial charge on any atom is -0.454 e. The molecule has 3 heterocycles. The molecule has 0 spiro atoms. The highest BCUT2D eigenvalue weighted by Crippen LogP contribution is 2.35. The van der Waals surface area contributed by atoms with Crippen LogP contribution < -0.4 is 20.1 Å². The van der Waals surface area contributed by atoms with Crippen molar-refractivity contribution < 1.29 is 9.47 Å². The molecule has 1 atom stereocenters. The van der Waals surface area contributed by atoms with E-state index in [2.05, 4.69) is 39.4 Å². The van der Waals surface area contributed by atoms with Crippen LogP contribution in [-0.2, 0) is 0 Å². The van der Waals surface area contributed by atoms with Gasteiger partial charge in [-0.05, 0) is 37.6 Å². The van der Waals surface area contributed by atoms with E-state index < -0.39 is 0 Å². The van der Waals surface area contributed by atoms with Gasteiger partial charge >= 0.3 is 0 Å². The van der Waals surface area contributed by atoms with Crippen molar-refractivity contribution in [1.29, 1.82) is 0 Å². The van der Waals surface area contributed by atoms with Gasteiger partial charge in [0.25, 0.3) is 0 Å². The molecule has 3 aromatic rings. The maximum atomic E-state index is 5.44. The van der Waals surface area contributed by atoms with Gasteiger partial charge in [-0.3, -0.25) is 4.98 Å². The van der Waals surface area contributed by atoms with E-state index in [-0.39, 0.29) is 12.8 Å². The minimum atomic E-state index is 0.249. The van der Waals surface area contributed by atoms with Crippen molar-refractivity contribution in [3.8, 4) is 22.9 Å². The van der Waals surface area contributed by atoms with Crippen molar-refractivity contribution in [3.05, 3.63) is 48.7 Å². The first kappa shape index (κ1) is 17.1. The van der Waals surface area contributed by atoms with Gasteiger partial charge in [0.2, 0.25) is 12.7 Å². The standard InChI is InChI=1S/C20H21N5O2/c1-3-13(2)22-20-24-16(15-6-4-5-9-21-15)11-19(25-20)23-14-7-8-17-18(10-14)27-12-26-17/h4-11,13H,3,12H2,1-2H3,(H2,22,23,24,25)/t13-/m0/s1. The van der Waals surface area contributed by atoms with Crippen LogP contribution in [-0.4, -0.2) is 27.8 Å². The summed E-state index contributed by atoms with van der Waals surface area (Å²) in [5.41, 5.74) is 2.40. The number of benzene rings is 1. The van der Waals surface area contributed by atoms with Gasteiger partial charge in [0.05, 0.1) is 11.4 Å². The van der Waals surface area contributed by atoms with Gasteiger partial charge < -0.3 is 20.1 Å². The van der Waals surface area contributed by atoms with Gasteiger partial charge in [0, 0.05) is 30.1 Å². The minimum absolute atomic E-state index is 0.249. The van der Waals surface area contributed by atoms with Crippen molar-refractivity contribution in [2.75, 3.05) is 17.4 Å². The zero-order chi connectivity index (χ0) is 18.6. The van der Waals surface area contributed by atoms with Crippen LogP contribution >= 0.6 is 0 Å². The first-order chi connectivity index (χ1) is 13.2. The van der Waals surface area contributed by atoms with Crippen molar-refractivity contribution in [3.63, 3.8) is 0 Å². The van der Waals surface area contributed by atoms with Crippen molar-refractivity contribution in [1.82, 2.24) is 15.0 Å². The fraction of sp³-hybridized carbons (Fsp3) is 0.250. The number of anilines is 3. The molecular weight excluding hydrogens is 342 g/mol. The first-order valence-electron chi connectivity index (χ1n) is 8.95. The van der Waals surface area contributed by atoms with E-state index in [9.17, 15) is 0 Å². The van der Waals surface area contributed by atoms with E-state index in [1.54, 1.807) is 6.20 Å². The molecule has 1 aliphatic heterocycles. The number of rotatable bonds is 6. The Morgan fingerprint density at radius 2 is 1.93 bits per heavy atom. The van der Waals surface area contributed by atoms with Crippen LogP contribution in [0.15, 0.2) is 48.7 Å². The molecule has 0 saturated carbocycles. The second kappa shape index (κ2) is 7.49. The summed E-state index contributed by atoms with van der Waals surface area (Å²) in [5, 5.41) is 6.66. The molecule has 0 aliphatic carbocycles. The van der Waals surface area contributed by atoms with Crippen LogP contribution in [0.4, 0.5) is 17.5 Å². The normalized spacial score (nSPS) is 13.3. The van der Waals surface area contributed by atoms with Crippen molar-refractivity contribution >= 4 is 17.5 Å². The predicted octanol–water partition coefficient (Wildman–Crippen LogP) is 4.22. The Morgan fingerprint density at radius 3 is 2.74 bits per heavy atom. The van der Waals surface area contributed by atoms with Crippen LogP contribution in [0.2, 0.25) is 0 Å². The molecule has 138 valence electrons. The third-order valence-corrected chi connectivity index (χ3v) is 4.29. The van der Waals surface area contributed by atoms with E-state index in [1.807, 2.05) is 42.5 Å². The highest BCUT2D eigenvalue weighted by atomic mass is 16.7. The van der Waals surface area contributed by atoms with Gasteiger partial charge in [-0.2, -0.15) is 4.98 Å². The summed E-state index contributed by atoms with van der Waals surface area (Å²) in [6, 6.07) is 13.6. The van der Waals surface area contributed by atoms with Crippen molar-refractivity contribution in [2.45, 2.75) is 26.3 Å². The molecule has 0 fully saturated rings. The fourth-order valence-corrected chi connectivity index (χ4v) is 2.67. The maximum absolute atomic E-state index is 5.44. The number of hydrogen-bond donors (Lipinski definition) is 2. The highest BCUT2D eigenvalue weighted by molar-refractivity contribution is 5.67. The van der Waals surface area contributed by atoms with Gasteiger partial charge in [0.15, 0.2) is 11.5 Å². The van der Waals surface area contributed by atoms with E-state index >= 15 is 0 Å². The summed E-state index contributed by atoms with van der Waals surface area (Å²) in [4.78, 5) is 13.6. The summed E-state index contributed by atoms with van der Waals surface area (Å²) in [6.45, 7) is 4.47. The van der Waals surface area contributed by atoms with Crippen LogP contribution in [0.25, 0.3) is 11.4 Å². The Hall–Kier alpha value is -3.35. The van der Waals surface area contributed by atoms with Gasteiger partial charge in [-0.1, -0.05) is 13.0 Å². The van der Waals surface area contributed by atoms with Crippen LogP contribution in [0, 0.1) is 0 Å². The number of hydrogen-bond acceptors (Lipinski definition) is 7. The number of aromatic nitrogens is 3. The Bertz CT molecular complexity index is 933. The van der Waals surface area contributed by atoms with Crippen molar-refractivity contribution in [2.24, 2.45) is 0 Å². The molecule has 0 bridgehead atoms. The largest absolute Gasteiger partial charge is 0.454 e. The number of nitrogens with one attached hydrogen (secondary N) is 2. The Morgan fingerprint density at radius 1 is 1.04 bits per heavy atom.